The van der Waals surface area contributed by atoms with Gasteiger partial charge in [0.1, 0.15) is 0 Å². The third-order valence-corrected chi connectivity index (χ3v) is 2.32. The van der Waals surface area contributed by atoms with Crippen LogP contribution in [-0.4, -0.2) is 5.91 Å². The molecule has 0 radical (unpaired) electrons. The lowest BCUT2D eigenvalue weighted by atomic mass is 10.2. The summed E-state index contributed by atoms with van der Waals surface area (Å²) in [6.45, 7) is 4.00. The van der Waals surface area contributed by atoms with Crippen molar-refractivity contribution in [2.45, 2.75) is 13.8 Å². The Balaban J connectivity index is 0.000000861. The van der Waals surface area contributed by atoms with Crippen LogP contribution >= 0.6 is 0 Å². The van der Waals surface area contributed by atoms with Gasteiger partial charge >= 0.3 is 0 Å². The van der Waals surface area contributed by atoms with Crippen LogP contribution in [0.15, 0.2) is 48.5 Å². The summed E-state index contributed by atoms with van der Waals surface area (Å²) in [4.78, 5) is 11.8. The number of nitrogens with two attached hydrogens (primary N) is 2. The zero-order valence-electron chi connectivity index (χ0n) is 11.2. The second-order valence-electron chi connectivity index (χ2n) is 3.70. The van der Waals surface area contributed by atoms with E-state index in [-0.39, 0.29) is 5.91 Å². The molecule has 2 aromatic carbocycles. The molecule has 0 fully saturated rings. The maximum atomic E-state index is 11.8. The van der Waals surface area contributed by atoms with Gasteiger partial charge in [0, 0.05) is 22.6 Å². The molecule has 2 aromatic rings. The average molecular weight is 257 g/mol. The van der Waals surface area contributed by atoms with Crippen LogP contribution < -0.4 is 16.8 Å². The number of nitrogens with one attached hydrogen (secondary N) is 1. The number of hydrogen-bond donors (Lipinski definition) is 3. The van der Waals surface area contributed by atoms with Crippen LogP contribution in [0.25, 0.3) is 0 Å². The first kappa shape index (κ1) is 14.6. The monoisotopic (exact) mass is 257 g/mol. The lowest BCUT2D eigenvalue weighted by Crippen LogP contribution is -2.11. The van der Waals surface area contributed by atoms with Gasteiger partial charge in [-0.3, -0.25) is 4.79 Å². The molecule has 0 aliphatic carbocycles. The molecule has 0 unspecified atom stereocenters. The van der Waals surface area contributed by atoms with Gasteiger partial charge in [-0.25, -0.2) is 0 Å². The summed E-state index contributed by atoms with van der Waals surface area (Å²) in [6.07, 6.45) is 0. The minimum atomic E-state index is -0.185. The minimum absolute atomic E-state index is 0.185. The maximum Gasteiger partial charge on any atom is 0.255 e. The largest absolute Gasteiger partial charge is 0.399 e. The van der Waals surface area contributed by atoms with Crippen molar-refractivity contribution >= 4 is 23.0 Å². The zero-order chi connectivity index (χ0) is 14.3. The summed E-state index contributed by atoms with van der Waals surface area (Å²) in [7, 11) is 0. The van der Waals surface area contributed by atoms with E-state index in [0.717, 1.165) is 0 Å². The Labute approximate surface area is 113 Å². The van der Waals surface area contributed by atoms with Crippen LogP contribution in [0.3, 0.4) is 0 Å². The lowest BCUT2D eigenvalue weighted by molar-refractivity contribution is 0.102. The van der Waals surface area contributed by atoms with E-state index >= 15 is 0 Å². The molecule has 0 spiro atoms. The highest BCUT2D eigenvalue weighted by Crippen LogP contribution is 2.13. The summed E-state index contributed by atoms with van der Waals surface area (Å²) in [5.74, 6) is -0.185. The Morgan fingerprint density at radius 3 is 2.16 bits per heavy atom. The number of hydrogen-bond acceptors (Lipinski definition) is 3. The van der Waals surface area contributed by atoms with Crippen LogP contribution in [0, 0.1) is 0 Å². The molecule has 4 nitrogen and oxygen atoms in total. The molecule has 0 aliphatic heterocycles. The number of amides is 1. The Bertz CT molecular complexity index is 535. The van der Waals surface area contributed by atoms with Gasteiger partial charge in [0.2, 0.25) is 0 Å². The molecule has 5 N–H and O–H groups in total. The summed E-state index contributed by atoms with van der Waals surface area (Å²) in [6, 6.07) is 13.8. The van der Waals surface area contributed by atoms with Gasteiger partial charge in [-0.1, -0.05) is 19.9 Å². The van der Waals surface area contributed by atoms with Gasteiger partial charge in [0.15, 0.2) is 0 Å². The quantitative estimate of drug-likeness (QED) is 0.723. The van der Waals surface area contributed by atoms with Gasteiger partial charge in [-0.2, -0.15) is 0 Å². The minimum Gasteiger partial charge on any atom is -0.399 e. The van der Waals surface area contributed by atoms with Crippen molar-refractivity contribution in [1.29, 1.82) is 0 Å². The summed E-state index contributed by atoms with van der Waals surface area (Å²) in [5.41, 5.74) is 13.6. The summed E-state index contributed by atoms with van der Waals surface area (Å²) >= 11 is 0. The van der Waals surface area contributed by atoms with Gasteiger partial charge in [-0.15, -0.1) is 0 Å². The highest BCUT2D eigenvalue weighted by molar-refractivity contribution is 6.04. The van der Waals surface area contributed by atoms with Crippen LogP contribution in [0.1, 0.15) is 24.2 Å². The molecule has 100 valence electrons. The predicted molar refractivity (Wildman–Crippen MR) is 81.0 cm³/mol. The second-order valence-corrected chi connectivity index (χ2v) is 3.70. The molecule has 1 amide bonds. The number of anilines is 3. The standard InChI is InChI=1S/C13H13N3O.C2H6/c14-10-6-4-9(5-7-10)13(17)16-12-3-1-2-11(15)8-12;1-2/h1-8H,14-15H2,(H,16,17);1-2H3. The average Bonchev–Trinajstić information content (AvgIpc) is 2.41. The van der Waals surface area contributed by atoms with Gasteiger partial charge in [0.05, 0.1) is 0 Å². The van der Waals surface area contributed by atoms with Gasteiger partial charge < -0.3 is 16.8 Å². The van der Waals surface area contributed by atoms with Crippen molar-refractivity contribution in [3.8, 4) is 0 Å². The highest BCUT2D eigenvalue weighted by atomic mass is 16.1. The van der Waals surface area contributed by atoms with Crippen molar-refractivity contribution in [3.63, 3.8) is 0 Å². The number of nitrogen functional groups attached to an aromatic ring is 2. The molecule has 2 rings (SSSR count). The number of benzene rings is 2. The van der Waals surface area contributed by atoms with Crippen LogP contribution in [-0.2, 0) is 0 Å². The Hall–Kier alpha value is -2.49. The second kappa shape index (κ2) is 7.06. The van der Waals surface area contributed by atoms with Crippen molar-refractivity contribution in [1.82, 2.24) is 0 Å². The van der Waals surface area contributed by atoms with Crippen molar-refractivity contribution in [2.75, 3.05) is 16.8 Å². The Morgan fingerprint density at radius 2 is 1.58 bits per heavy atom. The first-order valence-corrected chi connectivity index (χ1v) is 6.17. The molecule has 0 aliphatic rings. The molecule has 0 atom stereocenters. The van der Waals surface area contributed by atoms with Gasteiger partial charge in [0.25, 0.3) is 5.91 Å². The molecule has 0 aromatic heterocycles. The van der Waals surface area contributed by atoms with Crippen LogP contribution in [0.4, 0.5) is 17.1 Å². The van der Waals surface area contributed by atoms with E-state index < -0.39 is 0 Å². The SMILES string of the molecule is CC.Nc1ccc(C(=O)Nc2cccc(N)c2)cc1. The zero-order valence-corrected chi connectivity index (χ0v) is 11.2. The fourth-order valence-corrected chi connectivity index (χ4v) is 1.45. The predicted octanol–water partition coefficient (Wildman–Crippen LogP) is 3.13. The smallest absolute Gasteiger partial charge is 0.255 e. The fraction of sp³-hybridized carbons (Fsp3) is 0.133. The normalized spacial score (nSPS) is 9.16. The molecule has 4 heteroatoms. The van der Waals surface area contributed by atoms with E-state index in [4.69, 9.17) is 11.5 Å². The van der Waals surface area contributed by atoms with Crippen molar-refractivity contribution < 1.29 is 4.79 Å². The molecule has 0 bridgehead atoms. The molecule has 0 saturated heterocycles. The van der Waals surface area contributed by atoms with E-state index in [1.54, 1.807) is 48.5 Å². The van der Waals surface area contributed by atoms with Crippen molar-refractivity contribution in [3.05, 3.63) is 54.1 Å². The summed E-state index contributed by atoms with van der Waals surface area (Å²) in [5, 5.41) is 2.76. The highest BCUT2D eigenvalue weighted by Gasteiger charge is 2.05. The maximum absolute atomic E-state index is 11.8. The molecule has 0 heterocycles. The number of carbonyl (C=O) groups excluding carboxylic acids is 1. The van der Waals surface area contributed by atoms with Crippen LogP contribution in [0.2, 0.25) is 0 Å². The lowest BCUT2D eigenvalue weighted by Gasteiger charge is -2.06. The Kier molecular flexibility index (Phi) is 5.41. The number of rotatable bonds is 2. The fourth-order valence-electron chi connectivity index (χ4n) is 1.45. The summed E-state index contributed by atoms with van der Waals surface area (Å²) < 4.78 is 0. The molecule has 19 heavy (non-hydrogen) atoms. The van der Waals surface area contributed by atoms with Crippen LogP contribution in [0.5, 0.6) is 0 Å². The third-order valence-electron chi connectivity index (χ3n) is 2.32. The number of carbonyl (C=O) groups is 1. The van der Waals surface area contributed by atoms with E-state index in [1.807, 2.05) is 13.8 Å². The Morgan fingerprint density at radius 1 is 0.947 bits per heavy atom. The topological polar surface area (TPSA) is 81.1 Å². The van der Waals surface area contributed by atoms with E-state index in [1.165, 1.54) is 0 Å². The van der Waals surface area contributed by atoms with E-state index in [0.29, 0.717) is 22.6 Å². The molecule has 0 saturated carbocycles. The molecular formula is C15H19N3O. The van der Waals surface area contributed by atoms with E-state index in [9.17, 15) is 4.79 Å². The van der Waals surface area contributed by atoms with E-state index in [2.05, 4.69) is 5.32 Å². The third kappa shape index (κ3) is 4.35. The van der Waals surface area contributed by atoms with Gasteiger partial charge in [-0.05, 0) is 42.5 Å². The first-order chi connectivity index (χ1) is 9.15. The first-order valence-electron chi connectivity index (χ1n) is 6.17. The van der Waals surface area contributed by atoms with Crippen molar-refractivity contribution in [2.24, 2.45) is 0 Å². The molecular weight excluding hydrogens is 238 g/mol.